The van der Waals surface area contributed by atoms with Gasteiger partial charge in [0.15, 0.2) is 0 Å². The van der Waals surface area contributed by atoms with Gasteiger partial charge in [-0.25, -0.2) is 15.0 Å². The van der Waals surface area contributed by atoms with E-state index in [2.05, 4.69) is 30.9 Å². The van der Waals surface area contributed by atoms with Crippen LogP contribution in [0.2, 0.25) is 0 Å². The van der Waals surface area contributed by atoms with Crippen molar-refractivity contribution in [3.05, 3.63) is 53.3 Å². The zero-order chi connectivity index (χ0) is 21.2. The number of hydrogen-bond acceptors (Lipinski definition) is 6. The smallest absolute Gasteiger partial charge is 0.355 e. The second-order valence-electron chi connectivity index (χ2n) is 5.76. The molecule has 0 aliphatic carbocycles. The van der Waals surface area contributed by atoms with Gasteiger partial charge in [0.25, 0.3) is 11.9 Å². The van der Waals surface area contributed by atoms with Crippen LogP contribution in [-0.2, 0) is 6.18 Å². The van der Waals surface area contributed by atoms with Gasteiger partial charge < -0.3 is 10.6 Å². The van der Waals surface area contributed by atoms with E-state index in [9.17, 15) is 22.4 Å². The van der Waals surface area contributed by atoms with Gasteiger partial charge in [0.2, 0.25) is 5.95 Å². The number of carbonyl (C=O) groups excluding carboxylic acids is 1. The molecule has 12 heteroatoms. The van der Waals surface area contributed by atoms with Crippen LogP contribution in [0.25, 0.3) is 11.1 Å². The predicted molar refractivity (Wildman–Crippen MR) is 94.7 cm³/mol. The third-order valence-electron chi connectivity index (χ3n) is 3.87. The lowest BCUT2D eigenvalue weighted by molar-refractivity contribution is -0.137. The normalized spacial score (nSPS) is 11.2. The number of benzene rings is 2. The van der Waals surface area contributed by atoms with Gasteiger partial charge in [-0.1, -0.05) is 12.1 Å². The quantitative estimate of drug-likeness (QED) is 0.370. The molecule has 0 aliphatic rings. The Kier molecular flexibility index (Phi) is 5.26. The van der Waals surface area contributed by atoms with Crippen molar-refractivity contribution in [1.82, 2.24) is 20.5 Å². The third kappa shape index (κ3) is 4.20. The number of alkyl halides is 3. The summed E-state index contributed by atoms with van der Waals surface area (Å²) in [7, 11) is 1.37. The summed E-state index contributed by atoms with van der Waals surface area (Å²) in [5.41, 5.74) is 4.60. The van der Waals surface area contributed by atoms with Crippen LogP contribution in [0.4, 0.5) is 35.1 Å². The van der Waals surface area contributed by atoms with Crippen molar-refractivity contribution in [2.24, 2.45) is 5.11 Å². The van der Waals surface area contributed by atoms with Crippen molar-refractivity contribution < 1.29 is 22.4 Å². The van der Waals surface area contributed by atoms with Crippen molar-refractivity contribution in [2.45, 2.75) is 6.18 Å². The number of aromatic amines is 1. The molecule has 29 heavy (non-hydrogen) atoms. The minimum atomic E-state index is -4.88. The van der Waals surface area contributed by atoms with Crippen molar-refractivity contribution in [2.75, 3.05) is 12.4 Å². The molecule has 1 heterocycles. The van der Waals surface area contributed by atoms with Gasteiger partial charge in [-0.2, -0.15) is 18.2 Å². The molecular formula is C17H13F4N7O. The lowest BCUT2D eigenvalue weighted by Gasteiger charge is -2.16. The Morgan fingerprint density at radius 1 is 1.24 bits per heavy atom. The molecule has 3 aromatic rings. The zero-order valence-electron chi connectivity index (χ0n) is 14.7. The predicted octanol–water partition coefficient (Wildman–Crippen LogP) is 4.40. The number of rotatable bonds is 5. The van der Waals surface area contributed by atoms with Gasteiger partial charge in [0.1, 0.15) is 5.82 Å². The van der Waals surface area contributed by atoms with Crippen LogP contribution in [0.15, 0.2) is 41.5 Å². The number of carbonyl (C=O) groups is 1. The molecule has 0 spiro atoms. The number of amides is 1. The minimum absolute atomic E-state index is 0.0899. The molecule has 0 fully saturated rings. The number of anilines is 2. The Bertz CT molecular complexity index is 1080. The van der Waals surface area contributed by atoms with Gasteiger partial charge in [-0.05, 0) is 29.8 Å². The van der Waals surface area contributed by atoms with Gasteiger partial charge >= 0.3 is 6.18 Å². The molecule has 150 valence electrons. The van der Waals surface area contributed by atoms with Crippen LogP contribution >= 0.6 is 0 Å². The Morgan fingerprint density at radius 2 is 2.00 bits per heavy atom. The summed E-state index contributed by atoms with van der Waals surface area (Å²) in [5.74, 6) is -2.03. The largest absolute Gasteiger partial charge is 0.417 e. The lowest BCUT2D eigenvalue weighted by atomic mass is 9.96. The Balaban J connectivity index is 2.10. The fourth-order valence-corrected chi connectivity index (χ4v) is 2.64. The molecule has 1 amide bonds. The molecule has 1 aromatic heterocycles. The molecule has 0 saturated carbocycles. The van der Waals surface area contributed by atoms with Gasteiger partial charge in [0, 0.05) is 23.9 Å². The first-order valence-electron chi connectivity index (χ1n) is 8.03. The first-order chi connectivity index (χ1) is 13.7. The van der Waals surface area contributed by atoms with Crippen molar-refractivity contribution in [3.8, 4) is 11.1 Å². The molecule has 0 atom stereocenters. The maximum Gasteiger partial charge on any atom is 0.417 e. The highest BCUT2D eigenvalue weighted by atomic mass is 19.4. The van der Waals surface area contributed by atoms with E-state index < -0.39 is 29.0 Å². The maximum absolute atomic E-state index is 14.8. The minimum Gasteiger partial charge on any atom is -0.355 e. The Morgan fingerprint density at radius 3 is 2.62 bits per heavy atom. The number of nitrogens with one attached hydrogen (secondary N) is 4. The number of halogens is 4. The summed E-state index contributed by atoms with van der Waals surface area (Å²) in [6.07, 6.45) is -4.88. The standard InChI is InChI=1S/C17H13F4N7O/c1-23-14(29)9-4-2-3-8(5-9)13-11(17(19,20)21)6-10(7-12(13)18)24-15-25-16(26-22)28-27-15/h2-7,22H,1H3,(H,23,29)(H2,24,25,27,28). The van der Waals surface area contributed by atoms with E-state index in [1.807, 2.05) is 0 Å². The van der Waals surface area contributed by atoms with Crippen molar-refractivity contribution in [3.63, 3.8) is 0 Å². The summed E-state index contributed by atoms with van der Waals surface area (Å²) in [6, 6.07) is 6.79. The van der Waals surface area contributed by atoms with Gasteiger partial charge in [-0.15, -0.1) is 10.2 Å². The molecule has 4 N–H and O–H groups in total. The number of aromatic nitrogens is 3. The monoisotopic (exact) mass is 407 g/mol. The summed E-state index contributed by atoms with van der Waals surface area (Å²) in [4.78, 5) is 15.5. The molecule has 0 saturated heterocycles. The molecule has 0 radical (unpaired) electrons. The fraction of sp³-hybridized carbons (Fsp3) is 0.118. The lowest BCUT2D eigenvalue weighted by Crippen LogP contribution is -2.17. The molecule has 8 nitrogen and oxygen atoms in total. The van der Waals surface area contributed by atoms with Crippen molar-refractivity contribution >= 4 is 23.5 Å². The second kappa shape index (κ2) is 7.66. The van der Waals surface area contributed by atoms with E-state index in [0.717, 1.165) is 6.07 Å². The van der Waals surface area contributed by atoms with Crippen LogP contribution in [-0.4, -0.2) is 28.1 Å². The zero-order valence-corrected chi connectivity index (χ0v) is 14.7. The Labute approximate surface area is 160 Å². The van der Waals surface area contributed by atoms with Crippen LogP contribution in [0.1, 0.15) is 15.9 Å². The van der Waals surface area contributed by atoms with E-state index in [4.69, 9.17) is 5.53 Å². The summed E-state index contributed by atoms with van der Waals surface area (Å²) >= 11 is 0. The highest BCUT2D eigenvalue weighted by Crippen LogP contribution is 2.41. The highest BCUT2D eigenvalue weighted by Gasteiger charge is 2.36. The second-order valence-corrected chi connectivity index (χ2v) is 5.76. The van der Waals surface area contributed by atoms with E-state index in [1.54, 1.807) is 0 Å². The van der Waals surface area contributed by atoms with E-state index in [0.29, 0.717) is 6.07 Å². The summed E-state index contributed by atoms with van der Waals surface area (Å²) < 4.78 is 55.8. The first kappa shape index (κ1) is 19.9. The van der Waals surface area contributed by atoms with Crippen LogP contribution < -0.4 is 10.6 Å². The Hall–Kier alpha value is -3.83. The summed E-state index contributed by atoms with van der Waals surface area (Å²) in [5, 5.41) is 13.7. The average molecular weight is 407 g/mol. The highest BCUT2D eigenvalue weighted by molar-refractivity contribution is 5.95. The third-order valence-corrected chi connectivity index (χ3v) is 3.87. The van der Waals surface area contributed by atoms with Crippen molar-refractivity contribution in [1.29, 1.82) is 5.53 Å². The van der Waals surface area contributed by atoms with Crippen LogP contribution in [0, 0.1) is 11.3 Å². The van der Waals surface area contributed by atoms with E-state index >= 15 is 0 Å². The fourth-order valence-electron chi connectivity index (χ4n) is 2.64. The topological polar surface area (TPSA) is 119 Å². The van der Waals surface area contributed by atoms with E-state index in [-0.39, 0.29) is 28.7 Å². The molecular weight excluding hydrogens is 394 g/mol. The maximum atomic E-state index is 14.8. The molecule has 0 aliphatic heterocycles. The summed E-state index contributed by atoms with van der Waals surface area (Å²) in [6.45, 7) is 0. The van der Waals surface area contributed by atoms with Gasteiger partial charge in [0.05, 0.1) is 5.56 Å². The molecule has 3 rings (SSSR count). The molecule has 0 unspecified atom stereocenters. The van der Waals surface area contributed by atoms with E-state index in [1.165, 1.54) is 31.3 Å². The SMILES string of the molecule is CNC(=O)c1cccc(-c2c(F)cc(Nc3n[nH]c(N=N)n3)cc2C(F)(F)F)c1. The van der Waals surface area contributed by atoms with Crippen LogP contribution in [0.3, 0.4) is 0 Å². The van der Waals surface area contributed by atoms with Crippen LogP contribution in [0.5, 0.6) is 0 Å². The number of H-pyrrole nitrogens is 1. The number of hydrogen-bond donors (Lipinski definition) is 4. The molecule has 2 aromatic carbocycles. The molecule has 0 bridgehead atoms. The first-order valence-corrected chi connectivity index (χ1v) is 8.03. The van der Waals surface area contributed by atoms with Gasteiger partial charge in [-0.3, -0.25) is 4.79 Å². The number of nitrogens with zero attached hydrogens (tertiary/aromatic N) is 3. The average Bonchev–Trinajstić information content (AvgIpc) is 3.13.